The van der Waals surface area contributed by atoms with Gasteiger partial charge in [-0.3, -0.25) is 14.4 Å². The van der Waals surface area contributed by atoms with Crippen LogP contribution in [0.4, 0.5) is 0 Å². The first-order valence-corrected chi connectivity index (χ1v) is 27.4. The topological polar surface area (TPSA) is 78.9 Å². The molecule has 0 aromatic rings. The molecule has 6 heteroatoms. The molecule has 380 valence electrons. The normalized spacial score (nSPS) is 12.9. The van der Waals surface area contributed by atoms with E-state index in [0.29, 0.717) is 19.3 Å². The van der Waals surface area contributed by atoms with Gasteiger partial charge in [0, 0.05) is 12.8 Å². The maximum Gasteiger partial charge on any atom is 0.310 e. The largest absolute Gasteiger partial charge is 0.462 e. The Bertz CT molecular complexity index is 1390. The monoisotopic (exact) mass is 929 g/mol. The fraction of sp³-hybridized carbons (Fsp3) is 0.656. The summed E-state index contributed by atoms with van der Waals surface area (Å²) in [5.41, 5.74) is 0. The highest BCUT2D eigenvalue weighted by atomic mass is 16.6. The van der Waals surface area contributed by atoms with E-state index in [1.165, 1.54) is 103 Å². The lowest BCUT2D eigenvalue weighted by Gasteiger charge is -2.18. The van der Waals surface area contributed by atoms with Gasteiger partial charge in [0.1, 0.15) is 13.2 Å². The molecule has 0 saturated carbocycles. The fourth-order valence-corrected chi connectivity index (χ4v) is 7.23. The molecule has 0 rings (SSSR count). The first-order valence-electron chi connectivity index (χ1n) is 27.4. The number of carbonyl (C=O) groups excluding carboxylic acids is 3. The van der Waals surface area contributed by atoms with Gasteiger partial charge in [-0.15, -0.1) is 0 Å². The summed E-state index contributed by atoms with van der Waals surface area (Å²) >= 11 is 0. The molecule has 0 aromatic carbocycles. The summed E-state index contributed by atoms with van der Waals surface area (Å²) in [5.74, 6) is -1.09. The lowest BCUT2D eigenvalue weighted by atomic mass is 10.1. The number of ether oxygens (including phenoxy) is 3. The Morgan fingerprint density at radius 1 is 0.328 bits per heavy atom. The molecule has 0 N–H and O–H groups in total. The quantitative estimate of drug-likeness (QED) is 0.0262. The molecule has 1 atom stereocenters. The van der Waals surface area contributed by atoms with E-state index in [1.54, 1.807) is 6.08 Å². The van der Waals surface area contributed by atoms with Crippen LogP contribution in [-0.4, -0.2) is 37.2 Å². The molecule has 0 aliphatic heterocycles. The molecule has 0 heterocycles. The number of rotatable bonds is 48. The predicted octanol–water partition coefficient (Wildman–Crippen LogP) is 18.3. The molecule has 0 radical (unpaired) electrons. The van der Waals surface area contributed by atoms with Gasteiger partial charge < -0.3 is 14.2 Å². The van der Waals surface area contributed by atoms with Crippen molar-refractivity contribution in [3.8, 4) is 0 Å². The Morgan fingerprint density at radius 3 is 1.01 bits per heavy atom. The van der Waals surface area contributed by atoms with E-state index in [1.807, 2.05) is 6.08 Å². The van der Waals surface area contributed by atoms with Gasteiger partial charge in [-0.1, -0.05) is 226 Å². The average Bonchev–Trinajstić information content (AvgIpc) is 3.33. The number of esters is 3. The van der Waals surface area contributed by atoms with E-state index in [-0.39, 0.29) is 31.6 Å². The van der Waals surface area contributed by atoms with Crippen LogP contribution in [0.2, 0.25) is 0 Å². The van der Waals surface area contributed by atoms with Crippen molar-refractivity contribution in [2.45, 2.75) is 245 Å². The number of allylic oxidation sites excluding steroid dienone is 17. The van der Waals surface area contributed by atoms with Crippen LogP contribution in [0.5, 0.6) is 0 Å². The molecule has 6 nitrogen and oxygen atoms in total. The van der Waals surface area contributed by atoms with E-state index in [4.69, 9.17) is 14.2 Å². The maximum absolute atomic E-state index is 12.8. The van der Waals surface area contributed by atoms with E-state index >= 15 is 0 Å². The zero-order valence-electron chi connectivity index (χ0n) is 43.4. The van der Waals surface area contributed by atoms with Crippen molar-refractivity contribution in [1.82, 2.24) is 0 Å². The molecular formula is C61H100O6. The smallest absolute Gasteiger partial charge is 0.310 e. The van der Waals surface area contributed by atoms with Gasteiger partial charge in [0.2, 0.25) is 0 Å². The molecule has 0 bridgehead atoms. The minimum absolute atomic E-state index is 0.0870. The van der Waals surface area contributed by atoms with Gasteiger partial charge in [-0.05, 0) is 103 Å². The SMILES string of the molecule is CC/C=C\C/C=C\C/C=C\C/C=C\C/C=C\CC(=O)OC(COC(=O)CCCCC/C=C\C/C=C\C/C=C\CC)COC(=O)CCCCCCCCCCC/C=C\CCCCCCCCCC. The molecule has 0 aliphatic carbocycles. The van der Waals surface area contributed by atoms with Crippen LogP contribution in [0.25, 0.3) is 0 Å². The standard InChI is InChI=1S/C61H100O6/c1-4-7-10-13-16-19-22-25-27-28-29-30-31-32-34-36-39-42-45-48-51-54-60(63)66-57-58(56-65-59(62)53-50-47-44-41-38-35-24-21-18-15-12-9-6-3)67-61(64)55-52-49-46-43-40-37-33-26-23-20-17-14-11-8-5-2/h8-9,11-12,17-18,20-21,26,28-29,33,35,38,40,43,49,52,58H,4-7,10,13-16,19,22-25,27,30-32,34,36-37,39,41-42,44-48,50-51,53-57H2,1-3H3/b11-8-,12-9-,20-17-,21-18-,29-28-,33-26-,38-35-,43-40-,52-49-. The van der Waals surface area contributed by atoms with Crippen LogP contribution in [0.15, 0.2) is 109 Å². The Balaban J connectivity index is 4.47. The molecule has 0 aliphatic rings. The third-order valence-corrected chi connectivity index (χ3v) is 11.3. The molecule has 0 saturated heterocycles. The zero-order valence-corrected chi connectivity index (χ0v) is 43.4. The Labute approximate surface area is 412 Å². The average molecular weight is 929 g/mol. The predicted molar refractivity (Wildman–Crippen MR) is 288 cm³/mol. The summed E-state index contributed by atoms with van der Waals surface area (Å²) in [6.07, 6.45) is 74.0. The van der Waals surface area contributed by atoms with E-state index < -0.39 is 12.1 Å². The highest BCUT2D eigenvalue weighted by Crippen LogP contribution is 2.14. The van der Waals surface area contributed by atoms with Crippen molar-refractivity contribution in [3.63, 3.8) is 0 Å². The molecule has 0 amide bonds. The summed E-state index contributed by atoms with van der Waals surface area (Å²) < 4.78 is 16.7. The number of hydrogen-bond acceptors (Lipinski definition) is 6. The van der Waals surface area contributed by atoms with Crippen molar-refractivity contribution in [2.75, 3.05) is 13.2 Å². The van der Waals surface area contributed by atoms with Gasteiger partial charge in [-0.2, -0.15) is 0 Å². The van der Waals surface area contributed by atoms with Gasteiger partial charge in [0.15, 0.2) is 6.10 Å². The van der Waals surface area contributed by atoms with Crippen molar-refractivity contribution in [1.29, 1.82) is 0 Å². The van der Waals surface area contributed by atoms with Crippen molar-refractivity contribution in [3.05, 3.63) is 109 Å². The van der Waals surface area contributed by atoms with E-state index in [0.717, 1.165) is 89.9 Å². The molecule has 0 spiro atoms. The third kappa shape index (κ3) is 52.9. The summed E-state index contributed by atoms with van der Waals surface area (Å²) in [5, 5.41) is 0. The van der Waals surface area contributed by atoms with Gasteiger partial charge in [-0.25, -0.2) is 0 Å². The lowest BCUT2D eigenvalue weighted by molar-refractivity contribution is -0.166. The fourth-order valence-electron chi connectivity index (χ4n) is 7.23. The highest BCUT2D eigenvalue weighted by Gasteiger charge is 2.19. The van der Waals surface area contributed by atoms with Crippen LogP contribution in [-0.2, 0) is 28.6 Å². The van der Waals surface area contributed by atoms with Gasteiger partial charge in [0.05, 0.1) is 6.42 Å². The van der Waals surface area contributed by atoms with Gasteiger partial charge in [0.25, 0.3) is 0 Å². The van der Waals surface area contributed by atoms with Crippen LogP contribution < -0.4 is 0 Å². The Hall–Kier alpha value is -3.93. The zero-order chi connectivity index (χ0) is 48.6. The minimum Gasteiger partial charge on any atom is -0.462 e. The van der Waals surface area contributed by atoms with Gasteiger partial charge >= 0.3 is 17.9 Å². The Morgan fingerprint density at radius 2 is 0.627 bits per heavy atom. The molecular weight excluding hydrogens is 829 g/mol. The summed E-state index contributed by atoms with van der Waals surface area (Å²) in [6, 6.07) is 0. The number of unbranched alkanes of at least 4 members (excludes halogenated alkanes) is 20. The molecule has 0 aromatic heterocycles. The second-order valence-corrected chi connectivity index (χ2v) is 17.7. The minimum atomic E-state index is -0.847. The molecule has 0 fully saturated rings. The van der Waals surface area contributed by atoms with Crippen LogP contribution >= 0.6 is 0 Å². The second kappa shape index (κ2) is 54.7. The van der Waals surface area contributed by atoms with Crippen LogP contribution in [0.3, 0.4) is 0 Å². The number of hydrogen-bond donors (Lipinski definition) is 0. The molecule has 1 unspecified atom stereocenters. The van der Waals surface area contributed by atoms with Crippen molar-refractivity contribution < 1.29 is 28.6 Å². The van der Waals surface area contributed by atoms with Crippen LogP contribution in [0.1, 0.15) is 239 Å². The number of carbonyl (C=O) groups is 3. The van der Waals surface area contributed by atoms with Crippen LogP contribution in [0, 0.1) is 0 Å². The second-order valence-electron chi connectivity index (χ2n) is 17.7. The summed E-state index contributed by atoms with van der Waals surface area (Å²) in [6.45, 7) is 6.29. The third-order valence-electron chi connectivity index (χ3n) is 11.3. The summed E-state index contributed by atoms with van der Waals surface area (Å²) in [7, 11) is 0. The summed E-state index contributed by atoms with van der Waals surface area (Å²) in [4.78, 5) is 38.0. The highest BCUT2D eigenvalue weighted by molar-refractivity contribution is 5.72. The van der Waals surface area contributed by atoms with E-state index in [2.05, 4.69) is 118 Å². The van der Waals surface area contributed by atoms with Crippen molar-refractivity contribution in [2.24, 2.45) is 0 Å². The van der Waals surface area contributed by atoms with E-state index in [9.17, 15) is 14.4 Å². The first-order chi connectivity index (χ1) is 33.0. The lowest BCUT2D eigenvalue weighted by Crippen LogP contribution is -2.30. The van der Waals surface area contributed by atoms with Crippen molar-refractivity contribution >= 4 is 17.9 Å². The maximum atomic E-state index is 12.8. The first kappa shape index (κ1) is 63.1. The molecule has 67 heavy (non-hydrogen) atoms. The Kier molecular flexibility index (Phi) is 51.5.